The van der Waals surface area contributed by atoms with Gasteiger partial charge in [0.1, 0.15) is 5.82 Å². The molecule has 0 spiro atoms. The topological polar surface area (TPSA) is 23.8 Å². The number of nitriles is 1. The molecule has 2 aromatic rings. The van der Waals surface area contributed by atoms with Crippen LogP contribution in [-0.2, 0) is 6.42 Å². The molecule has 0 aliphatic rings. The minimum absolute atomic E-state index is 0.122. The highest BCUT2D eigenvalue weighted by atomic mass is 79.9. The minimum atomic E-state index is -0.264. The second kappa shape index (κ2) is 3.68. The van der Waals surface area contributed by atoms with E-state index in [1.54, 1.807) is 6.07 Å². The highest BCUT2D eigenvalue weighted by Crippen LogP contribution is 2.32. The third kappa shape index (κ3) is 1.54. The summed E-state index contributed by atoms with van der Waals surface area (Å²) in [6, 6.07) is 7.33. The van der Waals surface area contributed by atoms with Gasteiger partial charge in [-0.2, -0.15) is 5.26 Å². The van der Waals surface area contributed by atoms with Crippen LogP contribution in [0, 0.1) is 17.1 Å². The summed E-state index contributed by atoms with van der Waals surface area (Å²) in [5.41, 5.74) is 0.467. The fraction of sp³-hybridized carbons (Fsp3) is 0.100. The Morgan fingerprint density at radius 2 is 2.29 bits per heavy atom. The Kier molecular flexibility index (Phi) is 2.53. The van der Waals surface area contributed by atoms with E-state index in [9.17, 15) is 4.39 Å². The molecule has 0 saturated carbocycles. The largest absolute Gasteiger partial charge is 0.205 e. The van der Waals surface area contributed by atoms with Gasteiger partial charge >= 0.3 is 0 Å². The Bertz CT molecular complexity index is 527. The summed E-state index contributed by atoms with van der Waals surface area (Å²) in [4.78, 5) is 0. The minimum Gasteiger partial charge on any atom is -0.205 e. The van der Waals surface area contributed by atoms with E-state index in [1.807, 2.05) is 18.2 Å². The average molecular weight is 270 g/mol. The van der Waals surface area contributed by atoms with Crippen LogP contribution < -0.4 is 0 Å². The average Bonchev–Trinajstić information content (AvgIpc) is 2.52. The summed E-state index contributed by atoms with van der Waals surface area (Å²) in [6.07, 6.45) is 0.122. The van der Waals surface area contributed by atoms with E-state index in [1.165, 1.54) is 11.3 Å². The predicted octanol–water partition coefficient (Wildman–Crippen LogP) is 3.87. The van der Waals surface area contributed by atoms with Crippen molar-refractivity contribution < 1.29 is 4.39 Å². The van der Waals surface area contributed by atoms with E-state index >= 15 is 0 Å². The zero-order chi connectivity index (χ0) is 10.1. The first kappa shape index (κ1) is 9.63. The SMILES string of the molecule is N#CCc1ccc2cc(Br)sc2c1F. The molecule has 14 heavy (non-hydrogen) atoms. The molecular weight excluding hydrogens is 265 g/mol. The first-order valence-electron chi connectivity index (χ1n) is 3.95. The van der Waals surface area contributed by atoms with E-state index in [4.69, 9.17) is 5.26 Å². The lowest BCUT2D eigenvalue weighted by atomic mass is 10.1. The van der Waals surface area contributed by atoms with Gasteiger partial charge in [-0.05, 0) is 27.4 Å². The van der Waals surface area contributed by atoms with Gasteiger partial charge in [0, 0.05) is 5.56 Å². The zero-order valence-electron chi connectivity index (χ0n) is 7.05. The molecule has 0 amide bonds. The standard InChI is InChI=1S/C10H5BrFNS/c11-8-5-7-2-1-6(3-4-13)9(12)10(7)14-8/h1-2,5H,3H2. The van der Waals surface area contributed by atoms with E-state index in [2.05, 4.69) is 15.9 Å². The number of thiophene rings is 1. The quantitative estimate of drug-likeness (QED) is 0.771. The first-order chi connectivity index (χ1) is 6.72. The summed E-state index contributed by atoms with van der Waals surface area (Å²) in [5, 5.41) is 9.37. The Morgan fingerprint density at radius 1 is 1.50 bits per heavy atom. The van der Waals surface area contributed by atoms with Crippen LogP contribution in [0.5, 0.6) is 0 Å². The molecular formula is C10H5BrFNS. The molecule has 1 nitrogen and oxygen atoms in total. The van der Waals surface area contributed by atoms with Gasteiger partial charge < -0.3 is 0 Å². The second-order valence-electron chi connectivity index (χ2n) is 2.84. The van der Waals surface area contributed by atoms with Gasteiger partial charge in [0.15, 0.2) is 0 Å². The van der Waals surface area contributed by atoms with Crippen molar-refractivity contribution in [2.45, 2.75) is 6.42 Å². The van der Waals surface area contributed by atoms with Crippen LogP contribution in [0.4, 0.5) is 4.39 Å². The van der Waals surface area contributed by atoms with Crippen LogP contribution in [0.25, 0.3) is 10.1 Å². The summed E-state index contributed by atoms with van der Waals surface area (Å²) in [5.74, 6) is -0.264. The van der Waals surface area contributed by atoms with Crippen molar-refractivity contribution in [3.63, 3.8) is 0 Å². The lowest BCUT2D eigenvalue weighted by Crippen LogP contribution is -1.87. The highest BCUT2D eigenvalue weighted by Gasteiger charge is 2.09. The third-order valence-electron chi connectivity index (χ3n) is 1.95. The molecule has 70 valence electrons. The van der Waals surface area contributed by atoms with Crippen LogP contribution in [0.15, 0.2) is 22.0 Å². The molecule has 0 bridgehead atoms. The van der Waals surface area contributed by atoms with Crippen molar-refractivity contribution in [3.8, 4) is 6.07 Å². The van der Waals surface area contributed by atoms with Crippen molar-refractivity contribution in [2.24, 2.45) is 0 Å². The first-order valence-corrected chi connectivity index (χ1v) is 5.56. The maximum absolute atomic E-state index is 13.7. The van der Waals surface area contributed by atoms with Crippen LogP contribution in [0.2, 0.25) is 0 Å². The molecule has 1 heterocycles. The number of fused-ring (bicyclic) bond motifs is 1. The van der Waals surface area contributed by atoms with Gasteiger partial charge in [-0.15, -0.1) is 11.3 Å². The van der Waals surface area contributed by atoms with Crippen molar-refractivity contribution in [3.05, 3.63) is 33.4 Å². The molecule has 0 aliphatic heterocycles. The smallest absolute Gasteiger partial charge is 0.145 e. The van der Waals surface area contributed by atoms with Crippen molar-refractivity contribution in [2.75, 3.05) is 0 Å². The van der Waals surface area contributed by atoms with Crippen molar-refractivity contribution >= 4 is 37.4 Å². The van der Waals surface area contributed by atoms with E-state index in [-0.39, 0.29) is 12.2 Å². The molecule has 0 fully saturated rings. The number of halogens is 2. The van der Waals surface area contributed by atoms with Gasteiger partial charge in [-0.1, -0.05) is 12.1 Å². The summed E-state index contributed by atoms with van der Waals surface area (Å²) in [6.45, 7) is 0. The Balaban J connectivity index is 2.69. The fourth-order valence-corrected chi connectivity index (χ4v) is 2.88. The number of benzene rings is 1. The van der Waals surface area contributed by atoms with Gasteiger partial charge in [0.25, 0.3) is 0 Å². The van der Waals surface area contributed by atoms with E-state index in [0.29, 0.717) is 10.3 Å². The van der Waals surface area contributed by atoms with Gasteiger partial charge in [-0.3, -0.25) is 0 Å². The van der Waals surface area contributed by atoms with Gasteiger partial charge in [0.2, 0.25) is 0 Å². The maximum atomic E-state index is 13.7. The number of nitrogens with zero attached hydrogens (tertiary/aromatic N) is 1. The molecule has 0 radical (unpaired) electrons. The Morgan fingerprint density at radius 3 is 3.00 bits per heavy atom. The summed E-state index contributed by atoms with van der Waals surface area (Å²) >= 11 is 4.66. The monoisotopic (exact) mass is 269 g/mol. The second-order valence-corrected chi connectivity index (χ2v) is 5.27. The third-order valence-corrected chi connectivity index (χ3v) is 3.59. The molecule has 0 atom stereocenters. The molecule has 1 aromatic heterocycles. The molecule has 4 heteroatoms. The lowest BCUT2D eigenvalue weighted by Gasteiger charge is -1.97. The Labute approximate surface area is 92.9 Å². The molecule has 1 aromatic carbocycles. The Hall–Kier alpha value is -0.920. The molecule has 0 unspecified atom stereocenters. The van der Waals surface area contributed by atoms with Gasteiger partial charge in [-0.25, -0.2) is 4.39 Å². The number of rotatable bonds is 1. The highest BCUT2D eigenvalue weighted by molar-refractivity contribution is 9.11. The van der Waals surface area contributed by atoms with E-state index in [0.717, 1.165) is 9.17 Å². The fourth-order valence-electron chi connectivity index (χ4n) is 1.30. The van der Waals surface area contributed by atoms with Crippen LogP contribution in [0.3, 0.4) is 0 Å². The lowest BCUT2D eigenvalue weighted by molar-refractivity contribution is 0.629. The number of hydrogen-bond acceptors (Lipinski definition) is 2. The van der Waals surface area contributed by atoms with Crippen LogP contribution in [-0.4, -0.2) is 0 Å². The van der Waals surface area contributed by atoms with Crippen LogP contribution in [0.1, 0.15) is 5.56 Å². The van der Waals surface area contributed by atoms with Gasteiger partial charge in [0.05, 0.1) is 21.0 Å². The van der Waals surface area contributed by atoms with Crippen molar-refractivity contribution in [1.29, 1.82) is 5.26 Å². The van der Waals surface area contributed by atoms with Crippen LogP contribution >= 0.6 is 27.3 Å². The molecule has 2 rings (SSSR count). The summed E-state index contributed by atoms with van der Waals surface area (Å²) in [7, 11) is 0. The van der Waals surface area contributed by atoms with E-state index < -0.39 is 0 Å². The summed E-state index contributed by atoms with van der Waals surface area (Å²) < 4.78 is 15.2. The molecule has 0 aliphatic carbocycles. The predicted molar refractivity (Wildman–Crippen MR) is 58.8 cm³/mol. The molecule has 0 saturated heterocycles. The molecule has 0 N–H and O–H groups in total. The number of hydrogen-bond donors (Lipinski definition) is 0. The van der Waals surface area contributed by atoms with Crippen molar-refractivity contribution in [1.82, 2.24) is 0 Å². The zero-order valence-corrected chi connectivity index (χ0v) is 9.45. The maximum Gasteiger partial charge on any atom is 0.145 e. The normalized spacial score (nSPS) is 10.4.